The lowest BCUT2D eigenvalue weighted by Crippen LogP contribution is -1.92. The van der Waals surface area contributed by atoms with Crippen LogP contribution >= 0.6 is 0 Å². The third kappa shape index (κ3) is 2.98. The molecule has 0 radical (unpaired) electrons. The van der Waals surface area contributed by atoms with Gasteiger partial charge in [-0.2, -0.15) is 0 Å². The number of fused-ring (bicyclic) bond motifs is 1. The number of hydrogen-bond acceptors (Lipinski definition) is 2. The minimum absolute atomic E-state index is 0.809. The Balaban J connectivity index is 1.62. The summed E-state index contributed by atoms with van der Waals surface area (Å²) in [5.41, 5.74) is 4.82. The van der Waals surface area contributed by atoms with E-state index in [1.807, 2.05) is 53.1 Å². The Bertz CT molecular complexity index is 919. The predicted molar refractivity (Wildman–Crippen MR) is 97.3 cm³/mol. The van der Waals surface area contributed by atoms with Gasteiger partial charge in [0.05, 0.1) is 11.9 Å². The van der Waals surface area contributed by atoms with Crippen LogP contribution in [0.2, 0.25) is 0 Å². The molecule has 1 aromatic carbocycles. The zero-order chi connectivity index (χ0) is 16.4. The molecule has 1 aliphatic rings. The molecule has 0 atom stereocenters. The van der Waals surface area contributed by atoms with Gasteiger partial charge in [0.25, 0.3) is 0 Å². The molecule has 0 unspecified atom stereocenters. The molecule has 3 aromatic rings. The fraction of sp³-hybridized carbons (Fsp3) is 0.190. The smallest absolute Gasteiger partial charge is 0.144 e. The second-order valence-electron chi connectivity index (χ2n) is 6.04. The van der Waals surface area contributed by atoms with Gasteiger partial charge in [-0.1, -0.05) is 42.8 Å². The molecule has 1 aliphatic carbocycles. The topological polar surface area (TPSA) is 26.5 Å². The first-order chi connectivity index (χ1) is 11.8. The van der Waals surface area contributed by atoms with Crippen LogP contribution in [-0.4, -0.2) is 9.38 Å². The molecule has 2 heterocycles. The number of pyridine rings is 1. The molecule has 2 aromatic heterocycles. The van der Waals surface area contributed by atoms with Crippen LogP contribution in [0.4, 0.5) is 0 Å². The van der Waals surface area contributed by atoms with Gasteiger partial charge in [0.1, 0.15) is 17.1 Å². The second kappa shape index (κ2) is 6.36. The highest BCUT2D eigenvalue weighted by atomic mass is 16.5. The number of para-hydroxylation sites is 1. The maximum Gasteiger partial charge on any atom is 0.144 e. The van der Waals surface area contributed by atoms with E-state index in [0.29, 0.717) is 0 Å². The largest absolute Gasteiger partial charge is 0.456 e. The lowest BCUT2D eigenvalue weighted by molar-refractivity contribution is 0.479. The number of benzene rings is 1. The molecule has 0 amide bonds. The summed E-state index contributed by atoms with van der Waals surface area (Å²) in [6.45, 7) is 2.21. The van der Waals surface area contributed by atoms with Gasteiger partial charge >= 0.3 is 0 Å². The average Bonchev–Trinajstić information content (AvgIpc) is 3.06. The number of imidazole rings is 1. The number of nitrogens with zero attached hydrogens (tertiary/aromatic N) is 2. The third-order valence-electron chi connectivity index (χ3n) is 4.42. The minimum Gasteiger partial charge on any atom is -0.456 e. The summed E-state index contributed by atoms with van der Waals surface area (Å²) in [5.74, 6) is 1.65. The molecular weight excluding hydrogens is 296 g/mol. The van der Waals surface area contributed by atoms with Crippen molar-refractivity contribution in [3.05, 3.63) is 78.3 Å². The minimum atomic E-state index is 0.809. The van der Waals surface area contributed by atoms with Gasteiger partial charge < -0.3 is 9.14 Å². The monoisotopic (exact) mass is 316 g/mol. The molecule has 4 rings (SSSR count). The molecule has 3 nitrogen and oxygen atoms in total. The molecule has 0 saturated heterocycles. The van der Waals surface area contributed by atoms with Crippen LogP contribution in [0.1, 0.15) is 31.9 Å². The molecule has 0 aliphatic heterocycles. The van der Waals surface area contributed by atoms with Crippen LogP contribution in [-0.2, 0) is 0 Å². The molecule has 120 valence electrons. The molecule has 0 saturated carbocycles. The number of hydrogen-bond donors (Lipinski definition) is 0. The number of allylic oxidation sites excluding steroid dienone is 4. The second-order valence-corrected chi connectivity index (χ2v) is 6.04. The highest BCUT2D eigenvalue weighted by Crippen LogP contribution is 2.28. The van der Waals surface area contributed by atoms with Crippen molar-refractivity contribution in [2.75, 3.05) is 0 Å². The van der Waals surface area contributed by atoms with Crippen LogP contribution in [0.3, 0.4) is 0 Å². The third-order valence-corrected chi connectivity index (χ3v) is 4.42. The van der Waals surface area contributed by atoms with Crippen LogP contribution in [0.15, 0.2) is 72.6 Å². The molecule has 0 spiro atoms. The molecule has 3 heteroatoms. The average molecular weight is 316 g/mol. The predicted octanol–water partition coefficient (Wildman–Crippen LogP) is 5.64. The first-order valence-corrected chi connectivity index (χ1v) is 8.42. The maximum atomic E-state index is 5.90. The normalized spacial score (nSPS) is 14.4. The van der Waals surface area contributed by atoms with Gasteiger partial charge in [0.15, 0.2) is 0 Å². The quantitative estimate of drug-likeness (QED) is 0.622. The molecular formula is C21H20N2O. The summed E-state index contributed by atoms with van der Waals surface area (Å²) in [5, 5.41) is 0. The van der Waals surface area contributed by atoms with Crippen molar-refractivity contribution in [2.24, 2.45) is 0 Å². The number of aromatic nitrogens is 2. The van der Waals surface area contributed by atoms with Crippen LogP contribution in [0.25, 0.3) is 11.2 Å². The standard InChI is InChI=1S/C21H20N2O/c1-2-16-8-10-17(11-9-16)20-15-23-14-19(12-13-21(23)22-20)24-18-6-4-3-5-7-18/h3-8,10,12-15H,2,9,11H2,1H3. The summed E-state index contributed by atoms with van der Waals surface area (Å²) in [6, 6.07) is 13.8. The van der Waals surface area contributed by atoms with Crippen molar-refractivity contribution in [3.8, 4) is 11.5 Å². The summed E-state index contributed by atoms with van der Waals surface area (Å²) < 4.78 is 7.93. The zero-order valence-corrected chi connectivity index (χ0v) is 13.8. The van der Waals surface area contributed by atoms with E-state index in [2.05, 4.69) is 25.3 Å². The van der Waals surface area contributed by atoms with Gasteiger partial charge in [0.2, 0.25) is 0 Å². The Kier molecular flexibility index (Phi) is 3.91. The van der Waals surface area contributed by atoms with Crippen molar-refractivity contribution < 1.29 is 4.74 Å². The first-order valence-electron chi connectivity index (χ1n) is 8.42. The van der Waals surface area contributed by atoms with Gasteiger partial charge in [-0.05, 0) is 49.1 Å². The summed E-state index contributed by atoms with van der Waals surface area (Å²) in [4.78, 5) is 4.75. The molecule has 0 fully saturated rings. The fourth-order valence-corrected chi connectivity index (χ4v) is 3.00. The molecule has 24 heavy (non-hydrogen) atoms. The van der Waals surface area contributed by atoms with E-state index >= 15 is 0 Å². The van der Waals surface area contributed by atoms with Gasteiger partial charge in [0, 0.05) is 6.20 Å². The Morgan fingerprint density at radius 1 is 0.958 bits per heavy atom. The lowest BCUT2D eigenvalue weighted by atomic mass is 9.95. The van der Waals surface area contributed by atoms with Crippen molar-refractivity contribution in [2.45, 2.75) is 26.2 Å². The molecule has 0 N–H and O–H groups in total. The Hall–Kier alpha value is -2.81. The zero-order valence-electron chi connectivity index (χ0n) is 13.8. The van der Waals surface area contributed by atoms with Crippen molar-refractivity contribution in [1.82, 2.24) is 9.38 Å². The number of ether oxygens (including phenoxy) is 1. The van der Waals surface area contributed by atoms with Crippen molar-refractivity contribution in [3.63, 3.8) is 0 Å². The van der Waals surface area contributed by atoms with E-state index in [4.69, 9.17) is 9.72 Å². The van der Waals surface area contributed by atoms with E-state index in [1.165, 1.54) is 11.1 Å². The first kappa shape index (κ1) is 14.8. The summed E-state index contributed by atoms with van der Waals surface area (Å²) in [6.07, 6.45) is 11.9. The van der Waals surface area contributed by atoms with Crippen LogP contribution < -0.4 is 4.74 Å². The van der Waals surface area contributed by atoms with Crippen molar-refractivity contribution in [1.29, 1.82) is 0 Å². The van der Waals surface area contributed by atoms with E-state index in [0.717, 1.165) is 42.1 Å². The van der Waals surface area contributed by atoms with E-state index < -0.39 is 0 Å². The van der Waals surface area contributed by atoms with E-state index in [-0.39, 0.29) is 0 Å². The van der Waals surface area contributed by atoms with Gasteiger partial charge in [-0.3, -0.25) is 0 Å². The summed E-state index contributed by atoms with van der Waals surface area (Å²) in [7, 11) is 0. The Morgan fingerprint density at radius 2 is 1.83 bits per heavy atom. The fourth-order valence-electron chi connectivity index (χ4n) is 3.00. The Morgan fingerprint density at radius 3 is 2.58 bits per heavy atom. The highest BCUT2D eigenvalue weighted by molar-refractivity contribution is 5.68. The van der Waals surface area contributed by atoms with Crippen LogP contribution in [0.5, 0.6) is 11.5 Å². The number of rotatable bonds is 4. The maximum absolute atomic E-state index is 5.90. The molecule has 0 bridgehead atoms. The lowest BCUT2D eigenvalue weighted by Gasteiger charge is -2.11. The van der Waals surface area contributed by atoms with Crippen molar-refractivity contribution >= 4 is 11.2 Å². The van der Waals surface area contributed by atoms with E-state index in [1.54, 1.807) is 0 Å². The SMILES string of the molecule is CCC1=CC=C(c2cn3cc(Oc4ccccc4)ccc3n2)CC1. The highest BCUT2D eigenvalue weighted by Gasteiger charge is 2.11. The summed E-state index contributed by atoms with van der Waals surface area (Å²) >= 11 is 0. The van der Waals surface area contributed by atoms with Gasteiger partial charge in [-0.25, -0.2) is 4.98 Å². The van der Waals surface area contributed by atoms with Crippen LogP contribution in [0, 0.1) is 0 Å². The van der Waals surface area contributed by atoms with Gasteiger partial charge in [-0.15, -0.1) is 0 Å². The van der Waals surface area contributed by atoms with E-state index in [9.17, 15) is 0 Å². The Labute approximate surface area is 141 Å².